The Morgan fingerprint density at radius 2 is 1.51 bits per heavy atom. The molecule has 5 heterocycles. The van der Waals surface area contributed by atoms with Crippen molar-refractivity contribution in [2.75, 3.05) is 92.0 Å². The summed E-state index contributed by atoms with van der Waals surface area (Å²) < 4.78 is 31.2. The van der Waals surface area contributed by atoms with Crippen molar-refractivity contribution < 1.29 is 32.8 Å². The number of piperidine rings is 2. The Bertz CT molecular complexity index is 2330. The Morgan fingerprint density at radius 1 is 0.824 bits per heavy atom. The fourth-order valence-corrected chi connectivity index (χ4v) is 10.7. The monoisotopic (exact) mass is 1030 g/mol. The van der Waals surface area contributed by atoms with Crippen LogP contribution in [0.5, 0.6) is 0 Å². The Balaban J connectivity index is 0.00000440. The lowest BCUT2D eigenvalue weighted by Gasteiger charge is -2.48. The SMILES string of the molecule is CC.Cc1ccc(N2CCN(C(=O)CCCCCCCCCNc3cc(N4CCC5(CC4)CN(c4cc(F)c(CN6CCC(C)(C)CC6)cc4F)CC(=O)N5)ncn3)CC2)cc1CN(C=O)C(CCC=O)C(N)=O. The maximum atomic E-state index is 15.7. The summed E-state index contributed by atoms with van der Waals surface area (Å²) in [5.74, 6) is 0.0152. The molecule has 0 aliphatic carbocycles. The van der Waals surface area contributed by atoms with Crippen molar-refractivity contribution in [1.29, 1.82) is 0 Å². The van der Waals surface area contributed by atoms with Crippen molar-refractivity contribution in [3.05, 3.63) is 71.1 Å². The molecule has 74 heavy (non-hydrogen) atoms. The van der Waals surface area contributed by atoms with Crippen LogP contribution in [0.25, 0.3) is 0 Å². The molecular weight excluding hydrogens is 945 g/mol. The normalized spacial score (nSPS) is 18.0. The first-order valence-electron chi connectivity index (χ1n) is 27.3. The standard InChI is InChI=1S/C54H77F2N11O5.C2H6/c1-40-14-15-43(30-41(40)35-67(39-69)46(52(57)72)12-11-29-68)63-25-27-65(28-26-63)51(71)13-9-7-5-4-6-8-10-20-58-48-33-49(60-38-59-48)64-23-18-54(19-24-64)37-66(36-50(70)61-54)47-32-44(55)42(31-45(47)56)34-62-21-16-53(2,3)17-22-62;1-2/h14-15,29-33,38-39,46H,4-13,16-28,34-37H2,1-3H3,(H2,57,72)(H,61,70)(H,58,59,60);1-2H3. The number of aldehydes is 1. The van der Waals surface area contributed by atoms with Gasteiger partial charge in [-0.1, -0.05) is 65.9 Å². The Kier molecular flexibility index (Phi) is 21.4. The third-order valence-corrected chi connectivity index (χ3v) is 15.5. The molecule has 3 aromatic rings. The van der Waals surface area contributed by atoms with Gasteiger partial charge in [-0.3, -0.25) is 24.1 Å². The second-order valence-corrected chi connectivity index (χ2v) is 21.3. The van der Waals surface area contributed by atoms with Crippen LogP contribution in [0.2, 0.25) is 0 Å². The van der Waals surface area contributed by atoms with Crippen LogP contribution >= 0.6 is 0 Å². The van der Waals surface area contributed by atoms with Crippen LogP contribution in [0.15, 0.2) is 42.7 Å². The van der Waals surface area contributed by atoms with E-state index in [0.29, 0.717) is 83.6 Å². The van der Waals surface area contributed by atoms with Crippen LogP contribution in [-0.4, -0.2) is 139 Å². The first kappa shape index (κ1) is 57.4. The van der Waals surface area contributed by atoms with Crippen molar-refractivity contribution in [1.82, 2.24) is 30.0 Å². The molecule has 4 fully saturated rings. The maximum Gasteiger partial charge on any atom is 0.240 e. The lowest BCUT2D eigenvalue weighted by Crippen LogP contribution is -2.66. The molecule has 16 nitrogen and oxygen atoms in total. The number of primary amides is 1. The number of piperazine rings is 2. The third kappa shape index (κ3) is 16.0. The van der Waals surface area contributed by atoms with Gasteiger partial charge in [0.2, 0.25) is 24.1 Å². The van der Waals surface area contributed by atoms with Gasteiger partial charge in [-0.25, -0.2) is 18.7 Å². The number of aryl methyl sites for hydroxylation is 1. The van der Waals surface area contributed by atoms with Gasteiger partial charge in [-0.15, -0.1) is 0 Å². The van der Waals surface area contributed by atoms with Gasteiger partial charge >= 0.3 is 0 Å². The summed E-state index contributed by atoms with van der Waals surface area (Å²) >= 11 is 0. The van der Waals surface area contributed by atoms with Gasteiger partial charge in [0.1, 0.15) is 41.9 Å². The minimum atomic E-state index is -0.856. The minimum absolute atomic E-state index is 0.0183. The van der Waals surface area contributed by atoms with Crippen LogP contribution in [0.4, 0.5) is 31.8 Å². The van der Waals surface area contributed by atoms with Gasteiger partial charge in [-0.2, -0.15) is 0 Å². The van der Waals surface area contributed by atoms with Crippen LogP contribution in [0.3, 0.4) is 0 Å². The summed E-state index contributed by atoms with van der Waals surface area (Å²) in [5, 5.41) is 6.66. The molecule has 4 aliphatic rings. The van der Waals surface area contributed by atoms with E-state index in [1.807, 2.05) is 49.9 Å². The molecule has 1 unspecified atom stereocenters. The maximum absolute atomic E-state index is 15.7. The lowest BCUT2D eigenvalue weighted by atomic mass is 9.82. The zero-order chi connectivity index (χ0) is 53.3. The number of rotatable bonds is 24. The molecule has 0 saturated carbocycles. The van der Waals surface area contributed by atoms with Crippen molar-refractivity contribution in [3.8, 4) is 0 Å². The third-order valence-electron chi connectivity index (χ3n) is 15.5. The number of carbonyl (C=O) groups excluding carboxylic acids is 5. The van der Waals surface area contributed by atoms with Crippen LogP contribution in [0.1, 0.15) is 134 Å². The predicted molar refractivity (Wildman–Crippen MR) is 288 cm³/mol. The molecule has 0 radical (unpaired) electrons. The number of nitrogens with zero attached hydrogens (tertiary/aromatic N) is 8. The molecule has 4 amide bonds. The summed E-state index contributed by atoms with van der Waals surface area (Å²) in [4.78, 5) is 81.7. The number of aromatic nitrogens is 2. The molecule has 1 aromatic heterocycles. The Morgan fingerprint density at radius 3 is 2.19 bits per heavy atom. The quantitative estimate of drug-likeness (QED) is 0.0601. The highest BCUT2D eigenvalue weighted by Gasteiger charge is 2.42. The number of hydrogen-bond donors (Lipinski definition) is 3. The molecule has 2 aromatic carbocycles. The summed E-state index contributed by atoms with van der Waals surface area (Å²) in [6.07, 6.45) is 14.5. The van der Waals surface area contributed by atoms with E-state index in [1.165, 1.54) is 17.0 Å². The molecule has 18 heteroatoms. The predicted octanol–water partition coefficient (Wildman–Crippen LogP) is 7.36. The van der Waals surface area contributed by atoms with E-state index < -0.39 is 29.1 Å². The fourth-order valence-electron chi connectivity index (χ4n) is 10.7. The van der Waals surface area contributed by atoms with Crippen molar-refractivity contribution in [2.45, 2.75) is 149 Å². The highest BCUT2D eigenvalue weighted by atomic mass is 19.1. The van der Waals surface area contributed by atoms with E-state index in [9.17, 15) is 24.0 Å². The molecule has 406 valence electrons. The lowest BCUT2D eigenvalue weighted by molar-refractivity contribution is -0.132. The number of halogens is 2. The van der Waals surface area contributed by atoms with Crippen molar-refractivity contribution in [2.24, 2.45) is 11.1 Å². The number of nitrogens with one attached hydrogen (secondary N) is 2. The van der Waals surface area contributed by atoms with Gasteiger partial charge < -0.3 is 45.7 Å². The van der Waals surface area contributed by atoms with Gasteiger partial charge in [0.05, 0.1) is 17.8 Å². The average molecular weight is 1030 g/mol. The zero-order valence-electron chi connectivity index (χ0n) is 44.8. The first-order valence-corrected chi connectivity index (χ1v) is 27.3. The van der Waals surface area contributed by atoms with Crippen LogP contribution < -0.4 is 31.1 Å². The minimum Gasteiger partial charge on any atom is -0.370 e. The van der Waals surface area contributed by atoms with Gasteiger partial charge in [0, 0.05) is 102 Å². The number of unbranched alkanes of at least 4 members (excludes halogenated alkanes) is 6. The highest BCUT2D eigenvalue weighted by molar-refractivity contribution is 5.84. The average Bonchev–Trinajstić information content (AvgIpc) is 3.39. The van der Waals surface area contributed by atoms with Gasteiger partial charge in [0.15, 0.2) is 0 Å². The molecule has 1 atom stereocenters. The molecule has 7 rings (SSSR count). The molecule has 4 saturated heterocycles. The molecular formula is C56H83F2N11O5. The number of amides is 4. The topological polar surface area (TPSA) is 181 Å². The van der Waals surface area contributed by atoms with E-state index in [0.717, 1.165) is 112 Å². The number of hydrogen-bond acceptors (Lipinski definition) is 12. The Labute approximate surface area is 438 Å². The largest absolute Gasteiger partial charge is 0.370 e. The van der Waals surface area contributed by atoms with Crippen molar-refractivity contribution >= 4 is 53.4 Å². The van der Waals surface area contributed by atoms with E-state index in [1.54, 1.807) is 11.2 Å². The molecule has 4 N–H and O–H groups in total. The zero-order valence-corrected chi connectivity index (χ0v) is 44.8. The van der Waals surface area contributed by atoms with Crippen LogP contribution in [-0.2, 0) is 37.1 Å². The van der Waals surface area contributed by atoms with E-state index in [4.69, 9.17) is 5.73 Å². The number of anilines is 4. The first-order chi connectivity index (χ1) is 35.6. The van der Waals surface area contributed by atoms with E-state index in [2.05, 4.69) is 49.1 Å². The van der Waals surface area contributed by atoms with Gasteiger partial charge in [-0.05, 0) is 99.7 Å². The number of benzene rings is 2. The Hall–Kier alpha value is -5.91. The van der Waals surface area contributed by atoms with E-state index >= 15 is 8.78 Å². The summed E-state index contributed by atoms with van der Waals surface area (Å²) in [6, 6.07) is 9.77. The number of nitrogens with two attached hydrogens (primary N) is 1. The second-order valence-electron chi connectivity index (χ2n) is 21.3. The number of likely N-dealkylation sites (tertiary alicyclic amines) is 1. The second kappa shape index (κ2) is 27.6. The molecule has 0 bridgehead atoms. The summed E-state index contributed by atoms with van der Waals surface area (Å²) in [7, 11) is 0. The summed E-state index contributed by atoms with van der Waals surface area (Å²) in [6.45, 7) is 17.9. The van der Waals surface area contributed by atoms with E-state index in [-0.39, 0.29) is 48.8 Å². The molecule has 1 spiro atoms. The molecule has 4 aliphatic heterocycles. The smallest absolute Gasteiger partial charge is 0.240 e. The van der Waals surface area contributed by atoms with Crippen LogP contribution in [0, 0.1) is 24.0 Å². The fraction of sp³-hybridized carbons (Fsp3) is 0.625. The summed E-state index contributed by atoms with van der Waals surface area (Å²) in [5.41, 5.74) is 8.64. The number of carbonyl (C=O) groups is 5. The highest BCUT2D eigenvalue weighted by Crippen LogP contribution is 2.35. The van der Waals surface area contributed by atoms with Gasteiger partial charge in [0.25, 0.3) is 0 Å². The van der Waals surface area contributed by atoms with Crippen molar-refractivity contribution in [3.63, 3.8) is 0 Å².